The quantitative estimate of drug-likeness (QED) is 0.129. The fourth-order valence-electron chi connectivity index (χ4n) is 13.6. The summed E-state index contributed by atoms with van der Waals surface area (Å²) in [6.45, 7) is 0. The maximum atomic E-state index is 10.1. The normalized spacial score (nSPS) is 11.4. The Morgan fingerprint density at radius 1 is 0.253 bits per heavy atom. The fourth-order valence-corrected chi connectivity index (χ4v) is 14.0. The van der Waals surface area contributed by atoms with Crippen molar-refractivity contribution in [1.29, 1.82) is 0 Å². The van der Waals surface area contributed by atoms with E-state index in [9.17, 15) is 10.0 Å². The van der Waals surface area contributed by atoms with Crippen molar-refractivity contribution in [2.45, 2.75) is 7.43 Å². The van der Waals surface area contributed by atoms with Crippen molar-refractivity contribution in [1.82, 2.24) is 0 Å². The summed E-state index contributed by atoms with van der Waals surface area (Å²) in [5, 5.41) is 38.5. The molecule has 0 radical (unpaired) electrons. The summed E-state index contributed by atoms with van der Waals surface area (Å²) in [6, 6.07) is 110. The number of hydrogen-bond donors (Lipinski definition) is 2. The van der Waals surface area contributed by atoms with Gasteiger partial charge in [0.15, 0.2) is 0 Å². The zero-order valence-corrected chi connectivity index (χ0v) is 50.3. The minimum Gasteiger partial charge on any atom is -0.455 e. The van der Waals surface area contributed by atoms with Crippen LogP contribution in [0.4, 0.5) is 0 Å². The molecule has 0 saturated heterocycles. The summed E-state index contributed by atoms with van der Waals surface area (Å²) in [5.74, 6) is 0. The van der Waals surface area contributed by atoms with Gasteiger partial charge in [0.2, 0.25) is 0 Å². The smallest absolute Gasteiger partial charge is 0.455 e. The second-order valence-corrected chi connectivity index (χ2v) is 23.8. The first-order chi connectivity index (χ1) is 44.4. The highest BCUT2D eigenvalue weighted by Crippen LogP contribution is 2.46. The molecular formula is C85H58BBrO4. The third kappa shape index (κ3) is 10.2. The first-order valence-electron chi connectivity index (χ1n) is 30.3. The van der Waals surface area contributed by atoms with E-state index in [2.05, 4.69) is 240 Å². The van der Waals surface area contributed by atoms with E-state index in [1.165, 1.54) is 70.7 Å². The van der Waals surface area contributed by atoms with Crippen molar-refractivity contribution in [2.75, 3.05) is 0 Å². The van der Waals surface area contributed by atoms with Crippen LogP contribution in [-0.2, 0) is 0 Å². The highest BCUT2D eigenvalue weighted by molar-refractivity contribution is 9.10. The molecule has 0 aliphatic heterocycles. The van der Waals surface area contributed by atoms with Crippen LogP contribution in [0.25, 0.3) is 164 Å². The molecule has 0 aliphatic carbocycles. The molecule has 0 aliphatic rings. The van der Waals surface area contributed by atoms with Gasteiger partial charge in [-0.05, 0) is 157 Å². The highest BCUT2D eigenvalue weighted by Gasteiger charge is 2.23. The summed E-state index contributed by atoms with van der Waals surface area (Å²) < 4.78 is 13.6. The maximum Gasteiger partial charge on any atom is 0.489 e. The number of rotatable bonds is 6. The van der Waals surface area contributed by atoms with E-state index >= 15 is 0 Å². The molecule has 0 saturated carbocycles. The summed E-state index contributed by atoms with van der Waals surface area (Å²) in [5.41, 5.74) is 16.1. The monoisotopic (exact) mass is 1230 g/mol. The van der Waals surface area contributed by atoms with E-state index in [1.807, 2.05) is 91.0 Å². The predicted molar refractivity (Wildman–Crippen MR) is 390 cm³/mol. The molecule has 432 valence electrons. The molecule has 6 heteroatoms. The standard InChI is InChI=1S/C42H26O.C24H17BO2.C18H11BrO.CH4/c1-2-12-28-25-31(24-23-27(28)11-1)41-36-18-5-3-16-34(36)40(35-17-4-6-19-37(35)41)30-14-9-13-29(26-30)32-20-10-21-38-33-15-7-8-22-39(33)43-42(32)38;26-25(27)24-21-11-5-3-9-19(21)23(20-10-4-6-12-22(20)24)18-14-13-16-7-1-2-8-17(16)15-18;19-13-6-3-5-12(11-13)14-8-4-9-16-15-7-1-2-10-17(15)20-18(14)16;/h1-26H;1-15,26-27H;1-11H;1H4. The summed E-state index contributed by atoms with van der Waals surface area (Å²) >= 11 is 3.53. The molecule has 4 nitrogen and oxygen atoms in total. The van der Waals surface area contributed by atoms with Gasteiger partial charge in [0.1, 0.15) is 22.3 Å². The van der Waals surface area contributed by atoms with Crippen molar-refractivity contribution in [3.63, 3.8) is 0 Å². The van der Waals surface area contributed by atoms with Crippen LogP contribution in [0, 0.1) is 0 Å². The van der Waals surface area contributed by atoms with Crippen LogP contribution in [0.5, 0.6) is 0 Å². The molecule has 2 N–H and O–H groups in total. The molecule has 0 atom stereocenters. The largest absolute Gasteiger partial charge is 0.489 e. The first-order valence-corrected chi connectivity index (χ1v) is 31.1. The lowest BCUT2D eigenvalue weighted by Crippen LogP contribution is -2.31. The zero-order valence-electron chi connectivity index (χ0n) is 48.7. The van der Waals surface area contributed by atoms with E-state index in [4.69, 9.17) is 8.83 Å². The Hall–Kier alpha value is -10.9. The van der Waals surface area contributed by atoms with Gasteiger partial charge in [-0.3, -0.25) is 0 Å². The van der Waals surface area contributed by atoms with Crippen molar-refractivity contribution >= 4 is 137 Å². The molecule has 2 aromatic heterocycles. The molecule has 0 bridgehead atoms. The summed E-state index contributed by atoms with van der Waals surface area (Å²) in [4.78, 5) is 0. The number of furan rings is 2. The van der Waals surface area contributed by atoms with Crippen LogP contribution in [0.3, 0.4) is 0 Å². The van der Waals surface area contributed by atoms with Gasteiger partial charge in [0.25, 0.3) is 0 Å². The van der Waals surface area contributed by atoms with Crippen LogP contribution < -0.4 is 5.46 Å². The number of halogens is 1. The number of para-hydroxylation sites is 4. The molecule has 0 fully saturated rings. The Bertz CT molecular complexity index is 5710. The van der Waals surface area contributed by atoms with Crippen LogP contribution in [0.2, 0.25) is 0 Å². The SMILES string of the molecule is Brc1cccc(-c2cccc3c2oc2ccccc23)c1.C.OB(O)c1c2ccccc2c(-c2ccc3ccccc3c2)c2ccccc12.c1cc(-c2c3ccccc3c(-c3ccc4ccccc4c3)c3ccccc23)cc(-c2cccc3c2oc2ccccc23)c1. The van der Waals surface area contributed by atoms with Gasteiger partial charge in [-0.15, -0.1) is 0 Å². The lowest BCUT2D eigenvalue weighted by Gasteiger charge is -2.18. The second-order valence-electron chi connectivity index (χ2n) is 22.9. The van der Waals surface area contributed by atoms with Crippen LogP contribution >= 0.6 is 15.9 Å². The number of fused-ring (bicyclic) bond motifs is 12. The average molecular weight is 1230 g/mol. The van der Waals surface area contributed by atoms with E-state index in [0.717, 1.165) is 97.9 Å². The fraction of sp³-hybridized carbons (Fsp3) is 0.0118. The van der Waals surface area contributed by atoms with Gasteiger partial charge >= 0.3 is 7.12 Å². The van der Waals surface area contributed by atoms with Gasteiger partial charge in [0.05, 0.1) is 0 Å². The molecule has 91 heavy (non-hydrogen) atoms. The molecule has 18 aromatic rings. The summed E-state index contributed by atoms with van der Waals surface area (Å²) in [7, 11) is -1.52. The van der Waals surface area contributed by atoms with Gasteiger partial charge in [-0.25, -0.2) is 0 Å². The lowest BCUT2D eigenvalue weighted by atomic mass is 9.72. The summed E-state index contributed by atoms with van der Waals surface area (Å²) in [6.07, 6.45) is 0. The molecule has 16 aromatic carbocycles. The second kappa shape index (κ2) is 23.9. The minimum atomic E-state index is -1.52. The Morgan fingerprint density at radius 2 is 0.571 bits per heavy atom. The molecule has 0 unspecified atom stereocenters. The van der Waals surface area contributed by atoms with Crippen LogP contribution in [0.1, 0.15) is 7.43 Å². The van der Waals surface area contributed by atoms with E-state index in [0.29, 0.717) is 5.46 Å². The third-order valence-corrected chi connectivity index (χ3v) is 18.1. The molecular weight excluding hydrogens is 1180 g/mol. The predicted octanol–water partition coefficient (Wildman–Crippen LogP) is 23.2. The van der Waals surface area contributed by atoms with Gasteiger partial charge < -0.3 is 18.9 Å². The van der Waals surface area contributed by atoms with Gasteiger partial charge in [0, 0.05) is 37.1 Å². The molecule has 0 spiro atoms. The average Bonchev–Trinajstić information content (AvgIpc) is 2.00. The van der Waals surface area contributed by atoms with Gasteiger partial charge in [-0.1, -0.05) is 296 Å². The molecule has 18 rings (SSSR count). The van der Waals surface area contributed by atoms with E-state index in [1.54, 1.807) is 0 Å². The number of hydrogen-bond acceptors (Lipinski definition) is 4. The first kappa shape index (κ1) is 56.6. The Labute approximate surface area is 535 Å². The van der Waals surface area contributed by atoms with Crippen molar-refractivity contribution in [2.24, 2.45) is 0 Å². The molecule has 2 heterocycles. The van der Waals surface area contributed by atoms with Gasteiger partial charge in [-0.2, -0.15) is 0 Å². The van der Waals surface area contributed by atoms with Crippen LogP contribution in [-0.4, -0.2) is 17.2 Å². The van der Waals surface area contributed by atoms with Crippen molar-refractivity contribution in [3.8, 4) is 55.6 Å². The topological polar surface area (TPSA) is 66.7 Å². The van der Waals surface area contributed by atoms with Crippen molar-refractivity contribution < 1.29 is 18.9 Å². The Morgan fingerprint density at radius 3 is 1.00 bits per heavy atom. The third-order valence-electron chi connectivity index (χ3n) is 17.6. The zero-order chi connectivity index (χ0) is 60.2. The Kier molecular flexibility index (Phi) is 14.9. The highest BCUT2D eigenvalue weighted by atomic mass is 79.9. The molecule has 0 amide bonds. The Balaban J connectivity index is 0.000000123. The van der Waals surface area contributed by atoms with Crippen molar-refractivity contribution in [3.05, 3.63) is 320 Å². The minimum absolute atomic E-state index is 0. The van der Waals surface area contributed by atoms with E-state index in [-0.39, 0.29) is 7.43 Å². The van der Waals surface area contributed by atoms with Crippen LogP contribution in [0.15, 0.2) is 329 Å². The van der Waals surface area contributed by atoms with E-state index < -0.39 is 7.12 Å². The number of benzene rings is 16. The lowest BCUT2D eigenvalue weighted by molar-refractivity contribution is 0.426. The maximum absolute atomic E-state index is 10.1.